The van der Waals surface area contributed by atoms with Crippen molar-refractivity contribution < 1.29 is 32.3 Å². The highest BCUT2D eigenvalue weighted by Crippen LogP contribution is 2.38. The fourth-order valence-corrected chi connectivity index (χ4v) is 4.50. The zero-order valence-electron chi connectivity index (χ0n) is 16.3. The van der Waals surface area contributed by atoms with E-state index in [-0.39, 0.29) is 26.2 Å². The number of nitrogens with zero attached hydrogens (tertiary/aromatic N) is 1. The number of carbonyl (C=O) groups excluding carboxylic acids is 1. The van der Waals surface area contributed by atoms with E-state index in [0.29, 0.717) is 5.69 Å². The molecular weight excluding hydrogens is 480 g/mol. The molecule has 0 spiro atoms. The van der Waals surface area contributed by atoms with Gasteiger partial charge < -0.3 is 10.1 Å². The molecule has 0 bridgehead atoms. The molecule has 1 aliphatic heterocycles. The van der Waals surface area contributed by atoms with Crippen molar-refractivity contribution in [2.75, 3.05) is 4.90 Å². The molecule has 1 fully saturated rings. The second-order valence-electron chi connectivity index (χ2n) is 6.86. The number of nitrogens with one attached hydrogen (secondary N) is 1. The van der Waals surface area contributed by atoms with Gasteiger partial charge >= 0.3 is 12.1 Å². The van der Waals surface area contributed by atoms with E-state index in [9.17, 15) is 27.2 Å². The molecule has 0 aliphatic carbocycles. The van der Waals surface area contributed by atoms with Gasteiger partial charge in [0.15, 0.2) is 4.32 Å². The van der Waals surface area contributed by atoms with E-state index in [1.807, 2.05) is 0 Å². The minimum absolute atomic E-state index is 0.00421. The summed E-state index contributed by atoms with van der Waals surface area (Å²) < 4.78 is 53.7. The van der Waals surface area contributed by atoms with Crippen molar-refractivity contribution in [3.63, 3.8) is 0 Å². The summed E-state index contributed by atoms with van der Waals surface area (Å²) in [6, 6.07) is 11.3. The lowest BCUT2D eigenvalue weighted by molar-refractivity contribution is -0.137. The first kappa shape index (κ1) is 22.7. The number of aromatic carboxylic acids is 1. The highest BCUT2D eigenvalue weighted by molar-refractivity contribution is 8.27. The van der Waals surface area contributed by atoms with Gasteiger partial charge in [0.2, 0.25) is 0 Å². The molecule has 4 rings (SSSR count). The van der Waals surface area contributed by atoms with E-state index < -0.39 is 35.0 Å². The molecule has 1 aliphatic rings. The maximum atomic E-state index is 14.5. The third-order valence-corrected chi connectivity index (χ3v) is 6.04. The molecule has 33 heavy (non-hydrogen) atoms. The number of amides is 1. The summed E-state index contributed by atoms with van der Waals surface area (Å²) in [6.45, 7) is 0. The van der Waals surface area contributed by atoms with Gasteiger partial charge in [0.25, 0.3) is 5.91 Å². The average Bonchev–Trinajstić information content (AvgIpc) is 3.31. The predicted octanol–water partition coefficient (Wildman–Crippen LogP) is 5.94. The number of benzene rings is 2. The summed E-state index contributed by atoms with van der Waals surface area (Å²) in [5.74, 6) is -2.91. The maximum Gasteiger partial charge on any atom is 0.416 e. The van der Waals surface area contributed by atoms with Crippen LogP contribution in [-0.2, 0) is 11.0 Å². The van der Waals surface area contributed by atoms with Crippen LogP contribution in [0.3, 0.4) is 0 Å². The quantitative estimate of drug-likeness (QED) is 0.268. The Labute approximate surface area is 193 Å². The van der Waals surface area contributed by atoms with Crippen LogP contribution in [0.4, 0.5) is 23.2 Å². The molecule has 0 atom stereocenters. The van der Waals surface area contributed by atoms with E-state index in [4.69, 9.17) is 17.3 Å². The summed E-state index contributed by atoms with van der Waals surface area (Å²) in [5, 5.41) is 9.09. The summed E-state index contributed by atoms with van der Waals surface area (Å²) >= 11 is 6.11. The molecule has 1 amide bonds. The van der Waals surface area contributed by atoms with Gasteiger partial charge in [0.05, 0.1) is 21.7 Å². The summed E-state index contributed by atoms with van der Waals surface area (Å²) in [4.78, 5) is 28.1. The fourth-order valence-electron chi connectivity index (χ4n) is 3.21. The number of thioether (sulfide) groups is 1. The zero-order valence-corrected chi connectivity index (χ0v) is 17.9. The van der Waals surface area contributed by atoms with E-state index in [0.717, 1.165) is 34.9 Å². The van der Waals surface area contributed by atoms with E-state index >= 15 is 0 Å². The van der Waals surface area contributed by atoms with Crippen LogP contribution in [0.15, 0.2) is 59.5 Å². The fraction of sp³-hybridized carbons (Fsp3) is 0.0455. The monoisotopic (exact) mass is 492 g/mol. The van der Waals surface area contributed by atoms with Gasteiger partial charge in [-0.2, -0.15) is 13.2 Å². The second kappa shape index (κ2) is 8.49. The molecule has 0 saturated carbocycles. The van der Waals surface area contributed by atoms with Gasteiger partial charge in [-0.05, 0) is 48.5 Å². The minimum Gasteiger partial charge on any atom is -0.478 e. The molecular formula is C22H12F4N2O3S2. The molecule has 0 radical (unpaired) electrons. The Bertz CT molecular complexity index is 1330. The maximum absolute atomic E-state index is 14.5. The lowest BCUT2D eigenvalue weighted by Crippen LogP contribution is -2.27. The number of halogens is 4. The molecule has 2 N–H and O–H groups in total. The number of alkyl halides is 3. The van der Waals surface area contributed by atoms with Crippen molar-refractivity contribution in [1.29, 1.82) is 0 Å². The number of aromatic amines is 1. The molecule has 168 valence electrons. The standard InChI is InChI=1S/C22H12F4N2O3S2/c23-18-14(5-2-6-15(18)20(30)31)16-8-7-12(27-16)10-17-19(29)28(21(32)33-17)13-4-1-3-11(9-13)22(24,25)26/h1-10,27H,(H,30,31)/b17-10-. The number of aromatic nitrogens is 1. The Hall–Kier alpha value is -3.44. The van der Waals surface area contributed by atoms with E-state index in [1.54, 1.807) is 6.07 Å². The normalized spacial score (nSPS) is 15.5. The van der Waals surface area contributed by atoms with Crippen LogP contribution in [0.5, 0.6) is 0 Å². The van der Waals surface area contributed by atoms with Gasteiger partial charge in [0, 0.05) is 17.0 Å². The first-order valence-corrected chi connectivity index (χ1v) is 10.4. The minimum atomic E-state index is -4.57. The lowest BCUT2D eigenvalue weighted by Gasteiger charge is -2.16. The van der Waals surface area contributed by atoms with Crippen LogP contribution in [0.2, 0.25) is 0 Å². The van der Waals surface area contributed by atoms with Crippen LogP contribution < -0.4 is 4.90 Å². The second-order valence-corrected chi connectivity index (χ2v) is 8.54. The van der Waals surface area contributed by atoms with Crippen LogP contribution in [0.25, 0.3) is 17.3 Å². The van der Waals surface area contributed by atoms with E-state index in [1.165, 1.54) is 36.4 Å². The van der Waals surface area contributed by atoms with Gasteiger partial charge in [-0.1, -0.05) is 36.1 Å². The lowest BCUT2D eigenvalue weighted by atomic mass is 10.1. The Kier molecular flexibility index (Phi) is 5.85. The number of carboxylic acid groups (broad SMARTS) is 1. The Morgan fingerprint density at radius 3 is 2.55 bits per heavy atom. The van der Waals surface area contributed by atoms with Crippen LogP contribution >= 0.6 is 24.0 Å². The number of H-pyrrole nitrogens is 1. The molecule has 11 heteroatoms. The van der Waals surface area contributed by atoms with E-state index in [2.05, 4.69) is 4.98 Å². The summed E-state index contributed by atoms with van der Waals surface area (Å²) in [6.07, 6.45) is -3.13. The van der Waals surface area contributed by atoms with Crippen molar-refractivity contribution in [3.8, 4) is 11.3 Å². The summed E-state index contributed by atoms with van der Waals surface area (Å²) in [5.41, 5.74) is -0.672. The molecule has 1 saturated heterocycles. The Morgan fingerprint density at radius 1 is 1.12 bits per heavy atom. The highest BCUT2D eigenvalue weighted by atomic mass is 32.2. The number of rotatable bonds is 4. The molecule has 2 aromatic carbocycles. The van der Waals surface area contributed by atoms with Crippen LogP contribution in [0, 0.1) is 5.82 Å². The van der Waals surface area contributed by atoms with Gasteiger partial charge in [-0.25, -0.2) is 9.18 Å². The van der Waals surface area contributed by atoms with Gasteiger partial charge in [0.1, 0.15) is 5.82 Å². The molecule has 3 aromatic rings. The smallest absolute Gasteiger partial charge is 0.416 e. The van der Waals surface area contributed by atoms with Gasteiger partial charge in [-0.3, -0.25) is 9.69 Å². The first-order chi connectivity index (χ1) is 15.6. The number of hydrogen-bond acceptors (Lipinski definition) is 4. The van der Waals surface area contributed by atoms with Crippen LogP contribution in [0.1, 0.15) is 21.6 Å². The van der Waals surface area contributed by atoms with Crippen molar-refractivity contribution >= 4 is 51.9 Å². The number of carboxylic acids is 1. The number of thiocarbonyl (C=S) groups is 1. The number of hydrogen-bond donors (Lipinski definition) is 2. The van der Waals surface area contributed by atoms with Crippen LogP contribution in [-0.4, -0.2) is 26.3 Å². The van der Waals surface area contributed by atoms with Crippen molar-refractivity contribution in [3.05, 3.63) is 82.1 Å². The third kappa shape index (κ3) is 4.41. The molecule has 0 unspecified atom stereocenters. The Balaban J connectivity index is 1.63. The molecule has 2 heterocycles. The predicted molar refractivity (Wildman–Crippen MR) is 120 cm³/mol. The average molecular weight is 492 g/mol. The Morgan fingerprint density at radius 2 is 1.85 bits per heavy atom. The zero-order chi connectivity index (χ0) is 23.9. The summed E-state index contributed by atoms with van der Waals surface area (Å²) in [7, 11) is 0. The number of anilines is 1. The highest BCUT2D eigenvalue weighted by Gasteiger charge is 2.36. The molecule has 5 nitrogen and oxygen atoms in total. The topological polar surface area (TPSA) is 73.4 Å². The number of carbonyl (C=O) groups is 2. The SMILES string of the molecule is O=C(O)c1cccc(-c2ccc(/C=C3\SC(=S)N(c4cccc(C(F)(F)F)c4)C3=O)[nH]2)c1F. The van der Waals surface area contributed by atoms with Crippen molar-refractivity contribution in [2.24, 2.45) is 0 Å². The van der Waals surface area contributed by atoms with Gasteiger partial charge in [-0.15, -0.1) is 0 Å². The van der Waals surface area contributed by atoms with Crippen molar-refractivity contribution in [1.82, 2.24) is 4.98 Å². The first-order valence-electron chi connectivity index (χ1n) is 9.22. The molecule has 1 aromatic heterocycles. The van der Waals surface area contributed by atoms with Crippen molar-refractivity contribution in [2.45, 2.75) is 6.18 Å². The third-order valence-electron chi connectivity index (χ3n) is 4.74. The largest absolute Gasteiger partial charge is 0.478 e.